The van der Waals surface area contributed by atoms with E-state index in [4.69, 9.17) is 10.3 Å². The van der Waals surface area contributed by atoms with E-state index in [1.807, 2.05) is 43.7 Å². The highest BCUT2D eigenvalue weighted by atomic mass is 16.5. The summed E-state index contributed by atoms with van der Waals surface area (Å²) in [5.41, 5.74) is 10.7. The number of benzene rings is 2. The van der Waals surface area contributed by atoms with Gasteiger partial charge in [0.2, 0.25) is 17.7 Å². The molecule has 19 nitrogen and oxygen atoms in total. The number of amides is 6. The fourth-order valence-electron chi connectivity index (χ4n) is 7.00. The lowest BCUT2D eigenvalue weighted by Crippen LogP contribution is -2.52. The van der Waals surface area contributed by atoms with Crippen LogP contribution in [0.1, 0.15) is 74.0 Å². The molecule has 296 valence electrons. The van der Waals surface area contributed by atoms with Crippen LogP contribution in [-0.2, 0) is 32.9 Å². The number of carbonyl (C=O) groups is 5. The molecule has 2 unspecified atom stereocenters. The molecular formula is C39H39N13O6. The number of nitrogens with zero attached hydrogens (tertiary/aromatic N) is 8. The Bertz CT molecular complexity index is 2620. The van der Waals surface area contributed by atoms with E-state index in [1.54, 1.807) is 49.5 Å². The van der Waals surface area contributed by atoms with Gasteiger partial charge in [-0.2, -0.15) is 0 Å². The molecule has 0 aliphatic carbocycles. The molecule has 2 aromatic carbocycles. The lowest BCUT2D eigenvalue weighted by atomic mass is 9.93. The van der Waals surface area contributed by atoms with E-state index in [0.717, 1.165) is 11.1 Å². The molecule has 8 rings (SSSR count). The van der Waals surface area contributed by atoms with Gasteiger partial charge in [-0.05, 0) is 43.2 Å². The summed E-state index contributed by atoms with van der Waals surface area (Å²) in [5, 5.41) is 23.8. The number of fused-ring (bicyclic) bond motifs is 2. The first-order valence-electron chi connectivity index (χ1n) is 18.5. The predicted octanol–water partition coefficient (Wildman–Crippen LogP) is 4.21. The Balaban J connectivity index is 0.945. The predicted molar refractivity (Wildman–Crippen MR) is 210 cm³/mol. The van der Waals surface area contributed by atoms with Crippen LogP contribution >= 0.6 is 0 Å². The SMILES string of the molecule is CC(C(=O)Nc1cccc2c1CN(C1CCC(=O)NC1=O)C2=O)n1cc(Cn2cc(-c3ccc(NC(=O)Nc4cc(C(C)(C)C)on4)cc3)c3c(N)ncnc32)nn1. The lowest BCUT2D eigenvalue weighted by molar-refractivity contribution is -0.137. The maximum Gasteiger partial charge on any atom is 0.324 e. The molecule has 0 bridgehead atoms. The molecule has 1 saturated heterocycles. The summed E-state index contributed by atoms with van der Waals surface area (Å²) in [6.45, 7) is 7.98. The van der Waals surface area contributed by atoms with E-state index in [1.165, 1.54) is 15.9 Å². The number of piperidine rings is 1. The van der Waals surface area contributed by atoms with Crippen LogP contribution in [0.5, 0.6) is 0 Å². The van der Waals surface area contributed by atoms with Crippen molar-refractivity contribution >= 4 is 63.7 Å². The zero-order valence-corrected chi connectivity index (χ0v) is 31.9. The van der Waals surface area contributed by atoms with Crippen molar-refractivity contribution in [1.82, 2.24) is 44.9 Å². The summed E-state index contributed by atoms with van der Waals surface area (Å²) >= 11 is 0. The molecule has 0 saturated carbocycles. The van der Waals surface area contributed by atoms with Crippen molar-refractivity contribution in [3.63, 3.8) is 0 Å². The Labute approximate surface area is 330 Å². The van der Waals surface area contributed by atoms with E-state index in [9.17, 15) is 24.0 Å². The van der Waals surface area contributed by atoms with Crippen molar-refractivity contribution in [3.05, 3.63) is 89.8 Å². The lowest BCUT2D eigenvalue weighted by Gasteiger charge is -2.29. The number of nitrogens with two attached hydrogens (primary N) is 1. The summed E-state index contributed by atoms with van der Waals surface area (Å²) in [7, 11) is 0. The molecule has 1 fully saturated rings. The smallest absolute Gasteiger partial charge is 0.324 e. The van der Waals surface area contributed by atoms with Gasteiger partial charge in [-0.15, -0.1) is 5.10 Å². The van der Waals surface area contributed by atoms with Crippen molar-refractivity contribution in [3.8, 4) is 11.1 Å². The number of aromatic nitrogens is 7. The van der Waals surface area contributed by atoms with Gasteiger partial charge < -0.3 is 30.4 Å². The highest BCUT2D eigenvalue weighted by Crippen LogP contribution is 2.35. The topological polar surface area (TPSA) is 250 Å². The highest BCUT2D eigenvalue weighted by Gasteiger charge is 2.40. The number of hydrogen-bond donors (Lipinski definition) is 5. The monoisotopic (exact) mass is 785 g/mol. The number of carbonyl (C=O) groups excluding carboxylic acids is 5. The maximum atomic E-state index is 13.5. The molecule has 6 aromatic rings. The van der Waals surface area contributed by atoms with Crippen LogP contribution in [-0.4, -0.2) is 75.3 Å². The Morgan fingerprint density at radius 3 is 2.55 bits per heavy atom. The maximum absolute atomic E-state index is 13.5. The molecule has 19 heteroatoms. The van der Waals surface area contributed by atoms with E-state index in [2.05, 4.69) is 46.7 Å². The molecule has 0 radical (unpaired) electrons. The molecule has 6 heterocycles. The largest absolute Gasteiger partial charge is 0.383 e. The van der Waals surface area contributed by atoms with Crippen molar-refractivity contribution in [2.45, 2.75) is 71.1 Å². The molecule has 2 aliphatic rings. The molecular weight excluding hydrogens is 747 g/mol. The summed E-state index contributed by atoms with van der Waals surface area (Å²) in [6, 6.07) is 11.9. The Kier molecular flexibility index (Phi) is 9.42. The van der Waals surface area contributed by atoms with Crippen LogP contribution in [0.3, 0.4) is 0 Å². The summed E-state index contributed by atoms with van der Waals surface area (Å²) in [5.74, 6) is -0.380. The number of anilines is 4. The normalized spacial score (nSPS) is 16.0. The van der Waals surface area contributed by atoms with Gasteiger partial charge in [0.15, 0.2) is 5.82 Å². The second-order valence-electron chi connectivity index (χ2n) is 15.2. The van der Waals surface area contributed by atoms with Crippen LogP contribution in [0.25, 0.3) is 22.2 Å². The van der Waals surface area contributed by atoms with E-state index < -0.39 is 29.9 Å². The molecule has 6 N–H and O–H groups in total. The van der Waals surface area contributed by atoms with Crippen molar-refractivity contribution in [2.75, 3.05) is 21.7 Å². The van der Waals surface area contributed by atoms with Gasteiger partial charge in [-0.1, -0.05) is 49.3 Å². The fourth-order valence-corrected chi connectivity index (χ4v) is 7.00. The van der Waals surface area contributed by atoms with Crippen molar-refractivity contribution < 1.29 is 28.5 Å². The highest BCUT2D eigenvalue weighted by molar-refractivity contribution is 6.07. The third kappa shape index (κ3) is 7.19. The number of rotatable bonds is 9. The van der Waals surface area contributed by atoms with Crippen LogP contribution in [0.4, 0.5) is 27.8 Å². The van der Waals surface area contributed by atoms with Gasteiger partial charge in [-0.25, -0.2) is 19.4 Å². The van der Waals surface area contributed by atoms with E-state index in [0.29, 0.717) is 50.8 Å². The first-order valence-corrected chi connectivity index (χ1v) is 18.5. The zero-order valence-electron chi connectivity index (χ0n) is 31.9. The molecule has 4 aromatic heterocycles. The Morgan fingerprint density at radius 2 is 1.81 bits per heavy atom. The van der Waals surface area contributed by atoms with Gasteiger partial charge in [0, 0.05) is 58.7 Å². The van der Waals surface area contributed by atoms with Crippen molar-refractivity contribution in [2.24, 2.45) is 0 Å². The Hall–Kier alpha value is -7.44. The van der Waals surface area contributed by atoms with Crippen LogP contribution in [0.15, 0.2) is 71.8 Å². The standard InChI is InChI=1S/C39H39N13O6/c1-20(35(54)44-27-7-5-6-24-26(27)18-51(37(24)56)28-12-13-31(53)46-36(28)55)52-16-23(47-49-52)15-50-17-25(32-33(40)41-19-42-34(32)50)21-8-10-22(11-9-21)43-38(57)45-30-14-29(58-48-30)39(2,3)4/h5-11,14,16-17,19-20,28H,12-13,15,18H2,1-4H3,(H,44,54)(H2,40,41,42)(H,46,53,55)(H2,43,45,48,57). The minimum absolute atomic E-state index is 0.112. The third-order valence-electron chi connectivity index (χ3n) is 10.1. The third-order valence-corrected chi connectivity index (χ3v) is 10.1. The second-order valence-corrected chi connectivity index (χ2v) is 15.2. The first-order chi connectivity index (χ1) is 27.7. The fraction of sp³-hybridized carbons (Fsp3) is 0.282. The molecule has 2 atom stereocenters. The molecule has 6 amide bonds. The number of nitrogen functional groups attached to an aromatic ring is 1. The van der Waals surface area contributed by atoms with E-state index >= 15 is 0 Å². The quantitative estimate of drug-likeness (QED) is 0.129. The van der Waals surface area contributed by atoms with E-state index in [-0.39, 0.29) is 49.0 Å². The average Bonchev–Trinajstić information content (AvgIpc) is 3.99. The van der Waals surface area contributed by atoms with Gasteiger partial charge in [0.05, 0.1) is 18.1 Å². The van der Waals surface area contributed by atoms with Gasteiger partial charge in [0.1, 0.15) is 41.3 Å². The zero-order chi connectivity index (χ0) is 40.9. The van der Waals surface area contributed by atoms with Crippen LogP contribution in [0.2, 0.25) is 0 Å². The van der Waals surface area contributed by atoms with Gasteiger partial charge >= 0.3 is 6.03 Å². The number of urea groups is 1. The van der Waals surface area contributed by atoms with Gasteiger partial charge in [0.25, 0.3) is 5.91 Å². The Morgan fingerprint density at radius 1 is 1.02 bits per heavy atom. The summed E-state index contributed by atoms with van der Waals surface area (Å²) in [4.78, 5) is 73.8. The van der Waals surface area contributed by atoms with Crippen molar-refractivity contribution in [1.29, 1.82) is 0 Å². The number of hydrogen-bond acceptors (Lipinski definition) is 12. The molecule has 2 aliphatic heterocycles. The molecule has 58 heavy (non-hydrogen) atoms. The minimum Gasteiger partial charge on any atom is -0.383 e. The van der Waals surface area contributed by atoms with Gasteiger partial charge in [-0.3, -0.25) is 29.8 Å². The summed E-state index contributed by atoms with van der Waals surface area (Å²) < 4.78 is 8.65. The number of nitrogens with one attached hydrogen (secondary N) is 4. The summed E-state index contributed by atoms with van der Waals surface area (Å²) in [6.07, 6.45) is 5.30. The van der Waals surface area contributed by atoms with Crippen LogP contribution in [0, 0.1) is 0 Å². The van der Waals surface area contributed by atoms with Crippen LogP contribution < -0.4 is 27.0 Å². The second kappa shape index (κ2) is 14.6. The first kappa shape index (κ1) is 37.5. The average molecular weight is 786 g/mol. The molecule has 0 spiro atoms. The minimum atomic E-state index is -0.790. The number of imide groups is 1.